The molecule has 0 aliphatic heterocycles. The van der Waals surface area contributed by atoms with Gasteiger partial charge in [-0.05, 0) is 55.7 Å². The molecule has 9 heteroatoms. The highest BCUT2D eigenvalue weighted by Crippen LogP contribution is 2.35. The zero-order chi connectivity index (χ0) is 19.9. The van der Waals surface area contributed by atoms with Crippen molar-refractivity contribution in [1.29, 1.82) is 0 Å². The van der Waals surface area contributed by atoms with E-state index in [9.17, 15) is 8.42 Å². The first kappa shape index (κ1) is 19.6. The van der Waals surface area contributed by atoms with Crippen molar-refractivity contribution in [2.45, 2.75) is 37.2 Å². The number of hydrogen-bond acceptors (Lipinski definition) is 5. The average molecular weight is 483 g/mol. The Labute approximate surface area is 176 Å². The Morgan fingerprint density at radius 2 is 1.96 bits per heavy atom. The van der Waals surface area contributed by atoms with Gasteiger partial charge in [-0.15, -0.1) is 10.2 Å². The maximum absolute atomic E-state index is 13.2. The van der Waals surface area contributed by atoms with E-state index >= 15 is 0 Å². The van der Waals surface area contributed by atoms with Crippen LogP contribution in [0.3, 0.4) is 0 Å². The Bertz CT molecular complexity index is 1130. The molecule has 0 radical (unpaired) electrons. The van der Waals surface area contributed by atoms with Crippen LogP contribution in [0.15, 0.2) is 56.2 Å². The molecule has 1 saturated carbocycles. The van der Waals surface area contributed by atoms with Gasteiger partial charge in [0.25, 0.3) is 0 Å². The van der Waals surface area contributed by atoms with Crippen molar-refractivity contribution < 1.29 is 12.8 Å². The van der Waals surface area contributed by atoms with Crippen molar-refractivity contribution in [2.24, 2.45) is 0 Å². The summed E-state index contributed by atoms with van der Waals surface area (Å²) >= 11 is 9.58. The number of aryl methyl sites for hydroxylation is 1. The van der Waals surface area contributed by atoms with Gasteiger partial charge in [0.2, 0.25) is 21.8 Å². The Morgan fingerprint density at radius 1 is 1.21 bits per heavy atom. The second-order valence-corrected chi connectivity index (χ2v) is 9.83. The molecule has 0 atom stereocenters. The zero-order valence-electron chi connectivity index (χ0n) is 15.0. The van der Waals surface area contributed by atoms with Gasteiger partial charge in [-0.2, -0.15) is 4.31 Å². The maximum Gasteiger partial charge on any atom is 0.249 e. The zero-order valence-corrected chi connectivity index (χ0v) is 18.1. The van der Waals surface area contributed by atoms with E-state index in [1.54, 1.807) is 30.3 Å². The summed E-state index contributed by atoms with van der Waals surface area (Å²) < 4.78 is 34.4. The van der Waals surface area contributed by atoms with Crippen LogP contribution in [0.1, 0.15) is 24.3 Å². The number of benzene rings is 2. The minimum absolute atomic E-state index is 0.0273. The molecule has 28 heavy (non-hydrogen) atoms. The fraction of sp³-hybridized carbons (Fsp3) is 0.263. The van der Waals surface area contributed by atoms with Crippen LogP contribution in [0.2, 0.25) is 5.02 Å². The molecule has 4 rings (SSSR count). The summed E-state index contributed by atoms with van der Waals surface area (Å²) in [5.41, 5.74) is 1.47. The summed E-state index contributed by atoms with van der Waals surface area (Å²) in [7, 11) is -3.68. The molecule has 1 aliphatic rings. The van der Waals surface area contributed by atoms with Crippen molar-refractivity contribution in [3.63, 3.8) is 0 Å². The van der Waals surface area contributed by atoms with Crippen LogP contribution in [0.4, 0.5) is 0 Å². The van der Waals surface area contributed by atoms with Crippen molar-refractivity contribution in [1.82, 2.24) is 14.5 Å². The summed E-state index contributed by atoms with van der Waals surface area (Å²) in [5.74, 6) is 0.507. The van der Waals surface area contributed by atoms with Gasteiger partial charge in [-0.3, -0.25) is 0 Å². The van der Waals surface area contributed by atoms with Crippen LogP contribution in [-0.2, 0) is 16.6 Å². The second kappa shape index (κ2) is 7.59. The normalized spacial score (nSPS) is 14.6. The standard InChI is InChI=1S/C19H17BrClN3O3S/c1-12-10-14(8-9-16(12)20)28(25,26)24(13-6-7-13)11-18-22-23-19(27-18)15-4-2-3-5-17(15)21/h2-5,8-10,13H,6-7,11H2,1H3. The van der Waals surface area contributed by atoms with E-state index in [0.717, 1.165) is 22.9 Å². The van der Waals surface area contributed by atoms with E-state index in [1.807, 2.05) is 19.1 Å². The first-order valence-electron chi connectivity index (χ1n) is 8.71. The van der Waals surface area contributed by atoms with Gasteiger partial charge < -0.3 is 4.42 Å². The summed E-state index contributed by atoms with van der Waals surface area (Å²) in [6.07, 6.45) is 1.64. The molecule has 1 aliphatic carbocycles. The Balaban J connectivity index is 1.63. The van der Waals surface area contributed by atoms with Gasteiger partial charge in [0.05, 0.1) is 22.0 Å². The van der Waals surface area contributed by atoms with Gasteiger partial charge in [0, 0.05) is 10.5 Å². The SMILES string of the molecule is Cc1cc(S(=O)(=O)N(Cc2nnc(-c3ccccc3Cl)o2)C2CC2)ccc1Br. The lowest BCUT2D eigenvalue weighted by molar-refractivity contribution is 0.351. The fourth-order valence-corrected chi connectivity index (χ4v) is 5.06. The first-order valence-corrected chi connectivity index (χ1v) is 11.3. The molecule has 1 fully saturated rings. The van der Waals surface area contributed by atoms with Gasteiger partial charge in [0.15, 0.2) is 0 Å². The van der Waals surface area contributed by atoms with Crippen molar-refractivity contribution >= 4 is 37.6 Å². The van der Waals surface area contributed by atoms with Crippen molar-refractivity contribution in [3.05, 3.63) is 63.4 Å². The third kappa shape index (κ3) is 3.87. The van der Waals surface area contributed by atoms with Crippen LogP contribution in [0.25, 0.3) is 11.5 Å². The fourth-order valence-electron chi connectivity index (χ4n) is 2.88. The highest BCUT2D eigenvalue weighted by molar-refractivity contribution is 9.10. The molecule has 0 unspecified atom stereocenters. The Morgan fingerprint density at radius 3 is 2.64 bits per heavy atom. The predicted octanol–water partition coefficient (Wildman–Crippen LogP) is 4.81. The Hall–Kier alpha value is -1.74. The largest absolute Gasteiger partial charge is 0.419 e. The van der Waals surface area contributed by atoms with E-state index in [-0.39, 0.29) is 29.3 Å². The number of halogens is 2. The van der Waals surface area contributed by atoms with E-state index in [2.05, 4.69) is 26.1 Å². The molecule has 0 spiro atoms. The minimum atomic E-state index is -3.68. The van der Waals surface area contributed by atoms with Crippen LogP contribution < -0.4 is 0 Å². The maximum atomic E-state index is 13.2. The molecule has 3 aromatic rings. The summed E-state index contributed by atoms with van der Waals surface area (Å²) in [5, 5.41) is 8.56. The molecule has 2 aromatic carbocycles. The summed E-state index contributed by atoms with van der Waals surface area (Å²) in [4.78, 5) is 0.256. The molecule has 0 amide bonds. The third-order valence-electron chi connectivity index (χ3n) is 4.55. The molecule has 6 nitrogen and oxygen atoms in total. The van der Waals surface area contributed by atoms with Gasteiger partial charge in [0.1, 0.15) is 0 Å². The van der Waals surface area contributed by atoms with Crippen molar-refractivity contribution in [3.8, 4) is 11.5 Å². The molecule has 0 saturated heterocycles. The monoisotopic (exact) mass is 481 g/mol. The lowest BCUT2D eigenvalue weighted by Gasteiger charge is -2.20. The topological polar surface area (TPSA) is 76.3 Å². The van der Waals surface area contributed by atoms with Crippen LogP contribution in [-0.4, -0.2) is 29.0 Å². The van der Waals surface area contributed by atoms with Gasteiger partial charge >= 0.3 is 0 Å². The molecule has 1 aromatic heterocycles. The minimum Gasteiger partial charge on any atom is -0.419 e. The first-order chi connectivity index (χ1) is 13.4. The number of nitrogens with zero attached hydrogens (tertiary/aromatic N) is 3. The average Bonchev–Trinajstić information content (AvgIpc) is 3.40. The third-order valence-corrected chi connectivity index (χ3v) is 7.67. The predicted molar refractivity (Wildman–Crippen MR) is 109 cm³/mol. The van der Waals surface area contributed by atoms with Crippen LogP contribution in [0.5, 0.6) is 0 Å². The molecular formula is C19H17BrClN3O3S. The van der Waals surface area contributed by atoms with Gasteiger partial charge in [-0.25, -0.2) is 8.42 Å². The quantitative estimate of drug-likeness (QED) is 0.504. The van der Waals surface area contributed by atoms with E-state index in [1.165, 1.54) is 4.31 Å². The van der Waals surface area contributed by atoms with E-state index in [4.69, 9.17) is 16.0 Å². The van der Waals surface area contributed by atoms with E-state index < -0.39 is 10.0 Å². The summed E-state index contributed by atoms with van der Waals surface area (Å²) in [6, 6.07) is 12.1. The molecule has 0 N–H and O–H groups in total. The number of hydrogen-bond donors (Lipinski definition) is 0. The highest BCUT2D eigenvalue weighted by Gasteiger charge is 2.39. The second-order valence-electron chi connectivity index (χ2n) is 6.67. The molecule has 146 valence electrons. The highest BCUT2D eigenvalue weighted by atomic mass is 79.9. The smallest absolute Gasteiger partial charge is 0.249 e. The number of sulfonamides is 1. The van der Waals surface area contributed by atoms with Crippen LogP contribution in [0, 0.1) is 6.92 Å². The van der Waals surface area contributed by atoms with Crippen LogP contribution >= 0.6 is 27.5 Å². The lowest BCUT2D eigenvalue weighted by Crippen LogP contribution is -2.32. The number of rotatable bonds is 6. The van der Waals surface area contributed by atoms with E-state index in [0.29, 0.717) is 10.6 Å². The molecule has 0 bridgehead atoms. The Kier molecular flexibility index (Phi) is 5.30. The molecule has 1 heterocycles. The van der Waals surface area contributed by atoms with Gasteiger partial charge in [-0.1, -0.05) is 39.7 Å². The molecular weight excluding hydrogens is 466 g/mol. The van der Waals surface area contributed by atoms with Crippen molar-refractivity contribution in [2.75, 3.05) is 0 Å². The summed E-state index contributed by atoms with van der Waals surface area (Å²) in [6.45, 7) is 1.89. The number of aromatic nitrogens is 2. The lowest BCUT2D eigenvalue weighted by atomic mass is 10.2.